The van der Waals surface area contributed by atoms with Crippen molar-refractivity contribution in [2.75, 3.05) is 7.05 Å². The molecule has 3 rings (SSSR count). The number of carbonyl (C=O) groups is 1. The Morgan fingerprint density at radius 3 is 2.68 bits per heavy atom. The molecule has 3 N–H and O–H groups in total. The van der Waals surface area contributed by atoms with Crippen LogP contribution in [0.3, 0.4) is 0 Å². The van der Waals surface area contributed by atoms with Gasteiger partial charge >= 0.3 is 0 Å². The Labute approximate surface area is 154 Å². The number of amides is 1. The van der Waals surface area contributed by atoms with E-state index in [9.17, 15) is 4.79 Å². The largest absolute Gasteiger partial charge is 0.370 e. The normalized spacial score (nSPS) is 19.5. The van der Waals surface area contributed by atoms with Gasteiger partial charge in [0, 0.05) is 23.4 Å². The highest BCUT2D eigenvalue weighted by atomic mass is 35.5. The third kappa shape index (κ3) is 3.88. The van der Waals surface area contributed by atoms with Gasteiger partial charge in [-0.2, -0.15) is 0 Å². The van der Waals surface area contributed by atoms with Crippen molar-refractivity contribution >= 4 is 17.5 Å². The van der Waals surface area contributed by atoms with Crippen LogP contribution in [0, 0.1) is 6.92 Å². The number of hydrogen-bond donors (Lipinski definition) is 2. The number of hydrogen-bond acceptors (Lipinski definition) is 2. The SMILES string of the molecule is CNC1CCC(c2ccc(Cl)c(C)c2)c2ccc(CCC(N)=O)cc21. The second-order valence-corrected chi connectivity index (χ2v) is 7.32. The predicted octanol–water partition coefficient (Wildman–Crippen LogP) is 4.25. The monoisotopic (exact) mass is 356 g/mol. The Kier molecular flexibility index (Phi) is 5.45. The Morgan fingerprint density at radius 1 is 1.20 bits per heavy atom. The zero-order valence-electron chi connectivity index (χ0n) is 14.8. The number of fused-ring (bicyclic) bond motifs is 1. The van der Waals surface area contributed by atoms with Crippen molar-refractivity contribution in [1.29, 1.82) is 0 Å². The van der Waals surface area contributed by atoms with Gasteiger partial charge in [-0.3, -0.25) is 4.79 Å². The van der Waals surface area contributed by atoms with Crippen LogP contribution in [0.1, 0.15) is 59.0 Å². The van der Waals surface area contributed by atoms with Crippen molar-refractivity contribution in [2.24, 2.45) is 5.73 Å². The van der Waals surface area contributed by atoms with Crippen LogP contribution < -0.4 is 11.1 Å². The number of carbonyl (C=O) groups excluding carboxylic acids is 1. The van der Waals surface area contributed by atoms with Gasteiger partial charge in [-0.25, -0.2) is 0 Å². The van der Waals surface area contributed by atoms with E-state index in [1.165, 1.54) is 22.3 Å². The van der Waals surface area contributed by atoms with Gasteiger partial charge in [0.2, 0.25) is 5.91 Å². The number of aryl methyl sites for hydroxylation is 2. The van der Waals surface area contributed by atoms with Gasteiger partial charge in [0.25, 0.3) is 0 Å². The Bertz CT molecular complexity index is 787. The Hall–Kier alpha value is -1.84. The standard InChI is InChI=1S/C21H25ClN2O/c1-13-11-15(5-8-19(13)22)16-7-9-20(24-2)18-12-14(3-6-17(16)18)4-10-21(23)25/h3,5-6,8,11-12,16,20,24H,4,7,9-10H2,1-2H3,(H2,23,25). The number of rotatable bonds is 5. The lowest BCUT2D eigenvalue weighted by atomic mass is 9.76. The predicted molar refractivity (Wildman–Crippen MR) is 103 cm³/mol. The first-order valence-corrected chi connectivity index (χ1v) is 9.21. The number of nitrogens with one attached hydrogen (secondary N) is 1. The molecule has 4 heteroatoms. The second kappa shape index (κ2) is 7.59. The van der Waals surface area contributed by atoms with E-state index in [1.54, 1.807) is 0 Å². The maximum Gasteiger partial charge on any atom is 0.217 e. The first-order chi connectivity index (χ1) is 12.0. The molecule has 132 valence electrons. The lowest BCUT2D eigenvalue weighted by Crippen LogP contribution is -2.24. The molecule has 0 saturated heterocycles. The van der Waals surface area contributed by atoms with E-state index in [2.05, 4.69) is 42.6 Å². The van der Waals surface area contributed by atoms with Gasteiger partial charge in [0.15, 0.2) is 0 Å². The molecule has 0 saturated carbocycles. The molecular weight excluding hydrogens is 332 g/mol. The minimum absolute atomic E-state index is 0.252. The van der Waals surface area contributed by atoms with Crippen LogP contribution in [-0.2, 0) is 11.2 Å². The molecule has 2 unspecified atom stereocenters. The highest BCUT2D eigenvalue weighted by molar-refractivity contribution is 6.31. The van der Waals surface area contributed by atoms with E-state index in [0.29, 0.717) is 24.8 Å². The maximum absolute atomic E-state index is 11.1. The molecule has 2 atom stereocenters. The van der Waals surface area contributed by atoms with E-state index in [4.69, 9.17) is 17.3 Å². The van der Waals surface area contributed by atoms with Crippen LogP contribution in [0.25, 0.3) is 0 Å². The Morgan fingerprint density at radius 2 is 2.00 bits per heavy atom. The van der Waals surface area contributed by atoms with E-state index < -0.39 is 0 Å². The van der Waals surface area contributed by atoms with Crippen molar-refractivity contribution in [3.63, 3.8) is 0 Å². The lowest BCUT2D eigenvalue weighted by Gasteiger charge is -2.32. The van der Waals surface area contributed by atoms with Crippen molar-refractivity contribution in [1.82, 2.24) is 5.32 Å². The zero-order valence-corrected chi connectivity index (χ0v) is 15.6. The first-order valence-electron chi connectivity index (χ1n) is 8.84. The molecule has 1 aliphatic carbocycles. The number of primary amides is 1. The van der Waals surface area contributed by atoms with E-state index in [-0.39, 0.29) is 5.91 Å². The van der Waals surface area contributed by atoms with Crippen molar-refractivity contribution in [2.45, 2.75) is 44.6 Å². The molecule has 0 spiro atoms. The zero-order chi connectivity index (χ0) is 18.0. The minimum atomic E-state index is -0.252. The molecule has 0 fully saturated rings. The van der Waals surface area contributed by atoms with Gasteiger partial charge < -0.3 is 11.1 Å². The smallest absolute Gasteiger partial charge is 0.217 e. The highest BCUT2D eigenvalue weighted by Crippen LogP contribution is 2.42. The highest BCUT2D eigenvalue weighted by Gasteiger charge is 2.27. The summed E-state index contributed by atoms with van der Waals surface area (Å²) in [6, 6.07) is 13.3. The molecule has 0 heterocycles. The fraction of sp³-hybridized carbons (Fsp3) is 0.381. The van der Waals surface area contributed by atoms with Crippen molar-refractivity contribution in [3.8, 4) is 0 Å². The molecule has 0 aliphatic heterocycles. The summed E-state index contributed by atoms with van der Waals surface area (Å²) >= 11 is 6.20. The van der Waals surface area contributed by atoms with Gasteiger partial charge in [-0.05, 0) is 67.1 Å². The summed E-state index contributed by atoms with van der Waals surface area (Å²) in [6.07, 6.45) is 3.29. The number of benzene rings is 2. The lowest BCUT2D eigenvalue weighted by molar-refractivity contribution is -0.117. The summed E-state index contributed by atoms with van der Waals surface area (Å²) in [6.45, 7) is 2.05. The molecule has 0 bridgehead atoms. The van der Waals surface area contributed by atoms with Crippen LogP contribution in [0.5, 0.6) is 0 Å². The molecule has 2 aromatic rings. The topological polar surface area (TPSA) is 55.1 Å². The van der Waals surface area contributed by atoms with Gasteiger partial charge in [0.05, 0.1) is 0 Å². The molecule has 2 aromatic carbocycles. The average molecular weight is 357 g/mol. The number of nitrogens with two attached hydrogens (primary N) is 1. The van der Waals surface area contributed by atoms with Crippen LogP contribution in [0.4, 0.5) is 0 Å². The summed E-state index contributed by atoms with van der Waals surface area (Å²) < 4.78 is 0. The molecule has 0 radical (unpaired) electrons. The summed E-state index contributed by atoms with van der Waals surface area (Å²) in [5, 5.41) is 4.25. The van der Waals surface area contributed by atoms with E-state index in [1.807, 2.05) is 13.1 Å². The summed E-state index contributed by atoms with van der Waals surface area (Å²) in [7, 11) is 2.01. The summed E-state index contributed by atoms with van der Waals surface area (Å²) in [5.74, 6) is 0.137. The van der Waals surface area contributed by atoms with Crippen molar-refractivity contribution < 1.29 is 4.79 Å². The summed E-state index contributed by atoms with van der Waals surface area (Å²) in [5.41, 5.74) is 11.6. The first kappa shape index (κ1) is 18.0. The molecular formula is C21H25ClN2O. The van der Waals surface area contributed by atoms with Crippen LogP contribution in [0.15, 0.2) is 36.4 Å². The average Bonchev–Trinajstić information content (AvgIpc) is 2.61. The summed E-state index contributed by atoms with van der Waals surface area (Å²) in [4.78, 5) is 11.1. The Balaban J connectivity index is 1.97. The third-order valence-corrected chi connectivity index (χ3v) is 5.66. The van der Waals surface area contributed by atoms with Gasteiger partial charge in [0.1, 0.15) is 0 Å². The minimum Gasteiger partial charge on any atom is -0.370 e. The number of halogens is 1. The fourth-order valence-electron chi connectivity index (χ4n) is 3.84. The fourth-order valence-corrected chi connectivity index (χ4v) is 3.96. The maximum atomic E-state index is 11.1. The van der Waals surface area contributed by atoms with E-state index >= 15 is 0 Å². The van der Waals surface area contributed by atoms with E-state index in [0.717, 1.165) is 23.4 Å². The molecule has 1 aliphatic rings. The van der Waals surface area contributed by atoms with Gasteiger partial charge in [-0.15, -0.1) is 0 Å². The molecule has 25 heavy (non-hydrogen) atoms. The van der Waals surface area contributed by atoms with Crippen LogP contribution in [0.2, 0.25) is 5.02 Å². The molecule has 0 aromatic heterocycles. The molecule has 3 nitrogen and oxygen atoms in total. The van der Waals surface area contributed by atoms with Crippen LogP contribution >= 0.6 is 11.6 Å². The molecule has 1 amide bonds. The quantitative estimate of drug-likeness (QED) is 0.841. The third-order valence-electron chi connectivity index (χ3n) is 5.24. The van der Waals surface area contributed by atoms with Crippen LogP contribution in [-0.4, -0.2) is 13.0 Å². The second-order valence-electron chi connectivity index (χ2n) is 6.91. The van der Waals surface area contributed by atoms with Gasteiger partial charge in [-0.1, -0.05) is 41.9 Å². The van der Waals surface area contributed by atoms with Crippen molar-refractivity contribution in [3.05, 3.63) is 69.2 Å².